The number of hydrogen-bond acceptors (Lipinski definition) is 3. The first-order chi connectivity index (χ1) is 8.59. The molecule has 98 valence electrons. The third-order valence-corrected chi connectivity index (χ3v) is 3.67. The zero-order valence-corrected chi connectivity index (χ0v) is 10.6. The molecule has 4 heteroatoms. The molecule has 2 atom stereocenters. The molecule has 0 saturated heterocycles. The van der Waals surface area contributed by atoms with Crippen LogP contribution in [0, 0.1) is 6.92 Å². The monoisotopic (exact) mass is 248 g/mol. The topological polar surface area (TPSA) is 75.4 Å². The summed E-state index contributed by atoms with van der Waals surface area (Å²) in [6, 6.07) is 5.18. The van der Waals surface area contributed by atoms with Crippen LogP contribution in [0.4, 0.5) is 5.69 Å². The lowest BCUT2D eigenvalue weighted by Crippen LogP contribution is -2.45. The summed E-state index contributed by atoms with van der Waals surface area (Å²) in [5, 5.41) is 12.8. The molecule has 1 fully saturated rings. The van der Waals surface area contributed by atoms with Gasteiger partial charge in [-0.3, -0.25) is 4.79 Å². The number of rotatable bonds is 2. The van der Waals surface area contributed by atoms with Crippen molar-refractivity contribution in [3.8, 4) is 0 Å². The molecule has 1 aliphatic rings. The second-order valence-electron chi connectivity index (χ2n) is 4.95. The summed E-state index contributed by atoms with van der Waals surface area (Å²) in [7, 11) is 0. The molecule has 1 saturated carbocycles. The van der Waals surface area contributed by atoms with Gasteiger partial charge in [0.25, 0.3) is 5.91 Å². The summed E-state index contributed by atoms with van der Waals surface area (Å²) < 4.78 is 0. The maximum absolute atomic E-state index is 12.2. The lowest BCUT2D eigenvalue weighted by Gasteiger charge is -2.28. The maximum atomic E-state index is 12.2. The number of anilines is 1. The van der Waals surface area contributed by atoms with Crippen molar-refractivity contribution < 1.29 is 9.90 Å². The van der Waals surface area contributed by atoms with Crippen LogP contribution in [0.15, 0.2) is 18.2 Å². The Bertz CT molecular complexity index is 445. The number of nitrogens with one attached hydrogen (secondary N) is 1. The fraction of sp³-hybridized carbons (Fsp3) is 0.500. The molecule has 18 heavy (non-hydrogen) atoms. The highest BCUT2D eigenvalue weighted by Crippen LogP contribution is 2.20. The van der Waals surface area contributed by atoms with Crippen molar-refractivity contribution in [2.45, 2.75) is 44.8 Å². The summed E-state index contributed by atoms with van der Waals surface area (Å²) in [5.74, 6) is -0.147. The summed E-state index contributed by atoms with van der Waals surface area (Å²) in [5.41, 5.74) is 7.79. The quantitative estimate of drug-likeness (QED) is 0.696. The van der Waals surface area contributed by atoms with Crippen LogP contribution in [0.2, 0.25) is 0 Å². The summed E-state index contributed by atoms with van der Waals surface area (Å²) in [4.78, 5) is 12.2. The number of aliphatic hydroxyl groups excluding tert-OH is 1. The van der Waals surface area contributed by atoms with Crippen LogP contribution in [0.25, 0.3) is 0 Å². The van der Waals surface area contributed by atoms with Crippen molar-refractivity contribution >= 4 is 11.6 Å². The lowest BCUT2D eigenvalue weighted by molar-refractivity contribution is 0.0717. The van der Waals surface area contributed by atoms with E-state index in [0.29, 0.717) is 11.3 Å². The zero-order chi connectivity index (χ0) is 13.1. The van der Waals surface area contributed by atoms with Crippen LogP contribution in [0.1, 0.15) is 41.6 Å². The highest BCUT2D eigenvalue weighted by Gasteiger charge is 2.25. The Labute approximate surface area is 107 Å². The third-order valence-electron chi connectivity index (χ3n) is 3.67. The number of carbonyl (C=O) groups excluding carboxylic acids is 1. The number of nitrogen functional groups attached to an aromatic ring is 1. The van der Waals surface area contributed by atoms with E-state index in [4.69, 9.17) is 5.73 Å². The summed E-state index contributed by atoms with van der Waals surface area (Å²) in [6.07, 6.45) is 3.27. The Kier molecular flexibility index (Phi) is 3.87. The van der Waals surface area contributed by atoms with Gasteiger partial charge >= 0.3 is 0 Å². The molecule has 2 unspecified atom stereocenters. The first-order valence-corrected chi connectivity index (χ1v) is 6.43. The highest BCUT2D eigenvalue weighted by molar-refractivity contribution is 5.97. The van der Waals surface area contributed by atoms with Crippen molar-refractivity contribution in [3.05, 3.63) is 29.3 Å². The van der Waals surface area contributed by atoms with E-state index >= 15 is 0 Å². The minimum absolute atomic E-state index is 0.132. The van der Waals surface area contributed by atoms with E-state index in [9.17, 15) is 9.90 Å². The molecule has 4 N–H and O–H groups in total. The van der Waals surface area contributed by atoms with E-state index in [0.717, 1.165) is 31.2 Å². The van der Waals surface area contributed by atoms with Crippen LogP contribution in [0.3, 0.4) is 0 Å². The molecule has 0 radical (unpaired) electrons. The van der Waals surface area contributed by atoms with E-state index in [2.05, 4.69) is 5.32 Å². The van der Waals surface area contributed by atoms with Crippen LogP contribution in [-0.4, -0.2) is 23.2 Å². The summed E-state index contributed by atoms with van der Waals surface area (Å²) in [6.45, 7) is 1.83. The SMILES string of the molecule is Cc1c(N)cccc1C(=O)NC1CCCCC1O. The van der Waals surface area contributed by atoms with Crippen LogP contribution < -0.4 is 11.1 Å². The van der Waals surface area contributed by atoms with Gasteiger partial charge < -0.3 is 16.2 Å². The molecule has 0 aliphatic heterocycles. The van der Waals surface area contributed by atoms with Gasteiger partial charge in [0.05, 0.1) is 12.1 Å². The van der Waals surface area contributed by atoms with E-state index in [1.54, 1.807) is 18.2 Å². The average molecular weight is 248 g/mol. The van der Waals surface area contributed by atoms with Crippen molar-refractivity contribution in [2.24, 2.45) is 0 Å². The van der Waals surface area contributed by atoms with Crippen molar-refractivity contribution in [2.75, 3.05) is 5.73 Å². The van der Waals surface area contributed by atoms with Gasteiger partial charge in [-0.25, -0.2) is 0 Å². The first kappa shape index (κ1) is 12.9. The van der Waals surface area contributed by atoms with Crippen LogP contribution >= 0.6 is 0 Å². The molecule has 0 bridgehead atoms. The molecular weight excluding hydrogens is 228 g/mol. The summed E-state index contributed by atoms with van der Waals surface area (Å²) >= 11 is 0. The van der Waals surface area contributed by atoms with E-state index < -0.39 is 6.10 Å². The normalized spacial score (nSPS) is 23.7. The fourth-order valence-electron chi connectivity index (χ4n) is 2.43. The molecule has 1 amide bonds. The van der Waals surface area contributed by atoms with Crippen LogP contribution in [-0.2, 0) is 0 Å². The maximum Gasteiger partial charge on any atom is 0.251 e. The van der Waals surface area contributed by atoms with Gasteiger partial charge in [0, 0.05) is 11.3 Å². The van der Waals surface area contributed by atoms with Gasteiger partial charge in [-0.15, -0.1) is 0 Å². The number of nitrogens with two attached hydrogens (primary N) is 1. The van der Waals surface area contributed by atoms with E-state index in [-0.39, 0.29) is 11.9 Å². The largest absolute Gasteiger partial charge is 0.398 e. The second kappa shape index (κ2) is 5.40. The van der Waals surface area contributed by atoms with Gasteiger partial charge in [-0.05, 0) is 37.5 Å². The molecule has 4 nitrogen and oxygen atoms in total. The van der Waals surface area contributed by atoms with Gasteiger partial charge in [0.2, 0.25) is 0 Å². The van der Waals surface area contributed by atoms with Gasteiger partial charge in [-0.1, -0.05) is 18.9 Å². The predicted molar refractivity (Wildman–Crippen MR) is 71.3 cm³/mol. The van der Waals surface area contributed by atoms with E-state index in [1.165, 1.54) is 0 Å². The Hall–Kier alpha value is -1.55. The van der Waals surface area contributed by atoms with Crippen molar-refractivity contribution in [3.63, 3.8) is 0 Å². The molecule has 0 aromatic heterocycles. The standard InChI is InChI=1S/C14H20N2O2/c1-9-10(5-4-6-11(9)15)14(18)16-12-7-2-3-8-13(12)17/h4-6,12-13,17H,2-3,7-8,15H2,1H3,(H,16,18). The second-order valence-corrected chi connectivity index (χ2v) is 4.95. The Balaban J connectivity index is 2.09. The molecule has 0 spiro atoms. The Morgan fingerprint density at radius 2 is 2.11 bits per heavy atom. The van der Waals surface area contributed by atoms with Crippen LogP contribution in [0.5, 0.6) is 0 Å². The Morgan fingerprint density at radius 3 is 2.83 bits per heavy atom. The molecular formula is C14H20N2O2. The predicted octanol–water partition coefficient (Wildman–Crippen LogP) is 1.61. The van der Waals surface area contributed by atoms with E-state index in [1.807, 2.05) is 6.92 Å². The highest BCUT2D eigenvalue weighted by atomic mass is 16.3. The minimum atomic E-state index is -0.427. The molecule has 2 rings (SSSR count). The zero-order valence-electron chi connectivity index (χ0n) is 10.6. The molecule has 0 heterocycles. The minimum Gasteiger partial charge on any atom is -0.398 e. The molecule has 1 aromatic rings. The van der Waals surface area contributed by atoms with Crippen molar-refractivity contribution in [1.82, 2.24) is 5.32 Å². The average Bonchev–Trinajstić information content (AvgIpc) is 2.35. The molecule has 1 aliphatic carbocycles. The van der Waals surface area contributed by atoms with Gasteiger partial charge in [0.15, 0.2) is 0 Å². The number of aliphatic hydroxyl groups is 1. The molecule has 1 aromatic carbocycles. The Morgan fingerprint density at radius 1 is 1.39 bits per heavy atom. The third kappa shape index (κ3) is 2.64. The smallest absolute Gasteiger partial charge is 0.251 e. The van der Waals surface area contributed by atoms with Gasteiger partial charge in [-0.2, -0.15) is 0 Å². The fourth-order valence-corrected chi connectivity index (χ4v) is 2.43. The lowest BCUT2D eigenvalue weighted by atomic mass is 9.92. The van der Waals surface area contributed by atoms with Crippen molar-refractivity contribution in [1.29, 1.82) is 0 Å². The number of hydrogen-bond donors (Lipinski definition) is 3. The number of amides is 1. The first-order valence-electron chi connectivity index (χ1n) is 6.43. The van der Waals surface area contributed by atoms with Gasteiger partial charge in [0.1, 0.15) is 0 Å². The number of benzene rings is 1. The number of carbonyl (C=O) groups is 1.